The Labute approximate surface area is 79.0 Å². The second-order valence-electron chi connectivity index (χ2n) is 4.38. The van der Waals surface area contributed by atoms with Crippen LogP contribution in [0.25, 0.3) is 0 Å². The monoisotopic (exact) mass is 186 g/mol. The summed E-state index contributed by atoms with van der Waals surface area (Å²) in [5.74, 6) is 0.187. The predicted octanol–water partition coefficient (Wildman–Crippen LogP) is 1.97. The molecule has 3 nitrogen and oxygen atoms in total. The Kier molecular flexibility index (Phi) is 2.80. The largest absolute Gasteiger partial charge is 0.386 e. The molecule has 76 valence electrons. The van der Waals surface area contributed by atoms with Gasteiger partial charge in [-0.2, -0.15) is 0 Å². The van der Waals surface area contributed by atoms with Gasteiger partial charge in [0, 0.05) is 0 Å². The van der Waals surface area contributed by atoms with Crippen LogP contribution in [-0.2, 0) is 4.89 Å². The van der Waals surface area contributed by atoms with Crippen LogP contribution in [0, 0.1) is 5.92 Å². The fourth-order valence-corrected chi connectivity index (χ4v) is 1.49. The topological polar surface area (TPSA) is 49.7 Å². The second-order valence-corrected chi connectivity index (χ2v) is 4.38. The Morgan fingerprint density at radius 3 is 2.23 bits per heavy atom. The molecule has 0 aromatic rings. The molecule has 2 atom stereocenters. The molecule has 2 N–H and O–H groups in total. The van der Waals surface area contributed by atoms with Gasteiger partial charge in [-0.05, 0) is 25.7 Å². The van der Waals surface area contributed by atoms with Gasteiger partial charge >= 0.3 is 0 Å². The third-order valence-corrected chi connectivity index (χ3v) is 2.95. The lowest BCUT2D eigenvalue weighted by Crippen LogP contribution is -2.41. The van der Waals surface area contributed by atoms with Crippen LogP contribution in [0.15, 0.2) is 12.2 Å². The van der Waals surface area contributed by atoms with Crippen molar-refractivity contribution < 1.29 is 15.3 Å². The molecule has 0 spiro atoms. The number of hydrogen-bond acceptors (Lipinski definition) is 3. The van der Waals surface area contributed by atoms with E-state index in [1.807, 2.05) is 13.8 Å². The van der Waals surface area contributed by atoms with Crippen molar-refractivity contribution in [1.29, 1.82) is 0 Å². The highest BCUT2D eigenvalue weighted by Gasteiger charge is 2.37. The Bertz CT molecular complexity index is 212. The van der Waals surface area contributed by atoms with Crippen LogP contribution in [0.2, 0.25) is 0 Å². The van der Waals surface area contributed by atoms with Gasteiger partial charge in [0.2, 0.25) is 0 Å². The van der Waals surface area contributed by atoms with Crippen molar-refractivity contribution in [1.82, 2.24) is 0 Å². The highest BCUT2D eigenvalue weighted by atomic mass is 17.1. The molecular formula is C10H18O3. The first-order chi connectivity index (χ1) is 5.92. The summed E-state index contributed by atoms with van der Waals surface area (Å²) in [5.41, 5.74) is -1.36. The van der Waals surface area contributed by atoms with Crippen LogP contribution < -0.4 is 0 Å². The zero-order chi connectivity index (χ0) is 10.1. The summed E-state index contributed by atoms with van der Waals surface area (Å²) in [6, 6.07) is 0. The van der Waals surface area contributed by atoms with Gasteiger partial charge in [0.25, 0.3) is 0 Å². The number of hydrogen-bond donors (Lipinski definition) is 2. The maximum Gasteiger partial charge on any atom is 0.119 e. The Balaban J connectivity index is 2.77. The quantitative estimate of drug-likeness (QED) is 0.394. The first-order valence-electron chi connectivity index (χ1n) is 4.67. The smallest absolute Gasteiger partial charge is 0.119 e. The molecule has 0 aliphatic heterocycles. The highest BCUT2D eigenvalue weighted by molar-refractivity contribution is 5.14. The summed E-state index contributed by atoms with van der Waals surface area (Å²) in [6.45, 7) is 5.75. The number of aliphatic hydroxyl groups is 1. The Morgan fingerprint density at radius 1 is 1.31 bits per heavy atom. The van der Waals surface area contributed by atoms with E-state index in [0.29, 0.717) is 12.8 Å². The average Bonchev–Trinajstić information content (AvgIpc) is 2.11. The fourth-order valence-electron chi connectivity index (χ4n) is 1.49. The van der Waals surface area contributed by atoms with Crippen molar-refractivity contribution in [3.8, 4) is 0 Å². The Morgan fingerprint density at radius 2 is 1.92 bits per heavy atom. The van der Waals surface area contributed by atoms with Crippen molar-refractivity contribution in [3.63, 3.8) is 0 Å². The van der Waals surface area contributed by atoms with E-state index in [-0.39, 0.29) is 5.92 Å². The van der Waals surface area contributed by atoms with Crippen molar-refractivity contribution >= 4 is 0 Å². The van der Waals surface area contributed by atoms with E-state index in [4.69, 9.17) is 5.26 Å². The van der Waals surface area contributed by atoms with Gasteiger partial charge in [-0.25, -0.2) is 4.89 Å². The Hall–Kier alpha value is -0.380. The van der Waals surface area contributed by atoms with Crippen LogP contribution in [0.1, 0.15) is 33.6 Å². The molecule has 0 aromatic heterocycles. The summed E-state index contributed by atoms with van der Waals surface area (Å²) in [7, 11) is 0. The normalized spacial score (nSPS) is 39.8. The van der Waals surface area contributed by atoms with E-state index < -0.39 is 11.2 Å². The molecule has 0 unspecified atom stereocenters. The predicted molar refractivity (Wildman–Crippen MR) is 50.3 cm³/mol. The van der Waals surface area contributed by atoms with Crippen molar-refractivity contribution in [2.75, 3.05) is 0 Å². The summed E-state index contributed by atoms with van der Waals surface area (Å²) < 4.78 is 0. The van der Waals surface area contributed by atoms with Gasteiger partial charge in [0.15, 0.2) is 0 Å². The molecule has 3 heteroatoms. The molecule has 1 aliphatic rings. The molecule has 1 aliphatic carbocycles. The lowest BCUT2D eigenvalue weighted by molar-refractivity contribution is -0.307. The van der Waals surface area contributed by atoms with Crippen LogP contribution in [-0.4, -0.2) is 21.6 Å². The van der Waals surface area contributed by atoms with E-state index in [9.17, 15) is 5.11 Å². The molecule has 0 saturated carbocycles. The maximum atomic E-state index is 10.1. The SMILES string of the molecule is CC(C)[C@@]1(O)C=C[C@@](C)(OO)CC1. The van der Waals surface area contributed by atoms with E-state index in [1.165, 1.54) is 0 Å². The maximum absolute atomic E-state index is 10.1. The van der Waals surface area contributed by atoms with E-state index in [2.05, 4.69) is 4.89 Å². The zero-order valence-corrected chi connectivity index (χ0v) is 8.45. The minimum atomic E-state index is -0.738. The first kappa shape index (κ1) is 10.7. The van der Waals surface area contributed by atoms with Gasteiger partial charge in [-0.1, -0.05) is 26.0 Å². The average molecular weight is 186 g/mol. The lowest BCUT2D eigenvalue weighted by atomic mass is 9.77. The molecule has 0 heterocycles. The zero-order valence-electron chi connectivity index (χ0n) is 8.45. The third-order valence-electron chi connectivity index (χ3n) is 2.95. The molecular weight excluding hydrogens is 168 g/mol. The molecule has 13 heavy (non-hydrogen) atoms. The van der Waals surface area contributed by atoms with Gasteiger partial charge in [0.05, 0.1) is 5.60 Å². The standard InChI is InChI=1S/C10H18O3/c1-8(2)10(11)6-4-9(3,13-12)5-7-10/h4,6,8,11-12H,5,7H2,1-3H3/t9-,10-/m1/s1. The lowest BCUT2D eigenvalue weighted by Gasteiger charge is -2.37. The van der Waals surface area contributed by atoms with Crippen LogP contribution >= 0.6 is 0 Å². The van der Waals surface area contributed by atoms with E-state index >= 15 is 0 Å². The molecule has 1 rings (SSSR count). The van der Waals surface area contributed by atoms with Gasteiger partial charge in [-0.3, -0.25) is 5.26 Å². The van der Waals surface area contributed by atoms with Gasteiger partial charge in [-0.15, -0.1) is 0 Å². The summed E-state index contributed by atoms with van der Waals surface area (Å²) in [5, 5.41) is 18.7. The molecule has 0 bridgehead atoms. The summed E-state index contributed by atoms with van der Waals surface area (Å²) in [4.78, 5) is 4.35. The van der Waals surface area contributed by atoms with Crippen LogP contribution in [0.3, 0.4) is 0 Å². The second kappa shape index (κ2) is 3.40. The third kappa shape index (κ3) is 2.10. The van der Waals surface area contributed by atoms with Crippen LogP contribution in [0.5, 0.6) is 0 Å². The summed E-state index contributed by atoms with van der Waals surface area (Å²) in [6.07, 6.45) is 4.72. The van der Waals surface area contributed by atoms with E-state index in [0.717, 1.165) is 0 Å². The van der Waals surface area contributed by atoms with Crippen molar-refractivity contribution in [3.05, 3.63) is 12.2 Å². The molecule has 0 fully saturated rings. The van der Waals surface area contributed by atoms with Crippen molar-refractivity contribution in [2.45, 2.75) is 44.8 Å². The van der Waals surface area contributed by atoms with Gasteiger partial charge < -0.3 is 5.11 Å². The number of rotatable bonds is 2. The minimum absolute atomic E-state index is 0.187. The van der Waals surface area contributed by atoms with Crippen molar-refractivity contribution in [2.24, 2.45) is 5.92 Å². The highest BCUT2D eigenvalue weighted by Crippen LogP contribution is 2.34. The first-order valence-corrected chi connectivity index (χ1v) is 4.67. The van der Waals surface area contributed by atoms with Gasteiger partial charge in [0.1, 0.15) is 5.60 Å². The molecule has 0 saturated heterocycles. The van der Waals surface area contributed by atoms with E-state index in [1.54, 1.807) is 19.1 Å². The minimum Gasteiger partial charge on any atom is -0.386 e. The molecule has 0 radical (unpaired) electrons. The molecule has 0 amide bonds. The fraction of sp³-hybridized carbons (Fsp3) is 0.800. The summed E-state index contributed by atoms with van der Waals surface area (Å²) >= 11 is 0. The molecule has 0 aromatic carbocycles. The van der Waals surface area contributed by atoms with Crippen LogP contribution in [0.4, 0.5) is 0 Å².